The molecule has 0 fully saturated rings. The number of benzene rings is 2. The highest BCUT2D eigenvalue weighted by Gasteiger charge is 2.09. The Morgan fingerprint density at radius 3 is 2.50 bits per heavy atom. The second-order valence-electron chi connectivity index (χ2n) is 5.21. The smallest absolute Gasteiger partial charge is 0.277 e. The highest BCUT2D eigenvalue weighted by atomic mass is 16.6. The molecule has 0 atom stereocenters. The average molecular weight is 357 g/mol. The molecule has 1 N–H and O–H groups in total. The van der Waals surface area contributed by atoms with E-state index in [9.17, 15) is 14.9 Å². The van der Waals surface area contributed by atoms with Gasteiger partial charge in [-0.25, -0.2) is 5.43 Å². The minimum Gasteiger partial charge on any atom is -0.490 e. The first-order valence-electron chi connectivity index (χ1n) is 7.94. The summed E-state index contributed by atoms with van der Waals surface area (Å²) in [4.78, 5) is 22.2. The van der Waals surface area contributed by atoms with Crippen LogP contribution in [0.25, 0.3) is 0 Å². The standard InChI is InChI=1S/C18H19N3O5/c1-3-25-16-9-4-5-10-17(16)26-12-18(22)20-19-13(2)14-7-6-8-15(11-14)21(23)24/h4-11H,3,12H2,1-2H3,(H,20,22)/b19-13+. The van der Waals surface area contributed by atoms with Crippen molar-refractivity contribution < 1.29 is 19.2 Å². The van der Waals surface area contributed by atoms with Gasteiger partial charge < -0.3 is 9.47 Å². The van der Waals surface area contributed by atoms with Crippen LogP contribution in [0.5, 0.6) is 11.5 Å². The van der Waals surface area contributed by atoms with Gasteiger partial charge in [-0.05, 0) is 26.0 Å². The first-order chi connectivity index (χ1) is 12.5. The minimum atomic E-state index is -0.487. The van der Waals surface area contributed by atoms with E-state index in [4.69, 9.17) is 9.47 Å². The van der Waals surface area contributed by atoms with Crippen LogP contribution in [0.1, 0.15) is 19.4 Å². The lowest BCUT2D eigenvalue weighted by molar-refractivity contribution is -0.384. The van der Waals surface area contributed by atoms with Crippen LogP contribution in [0.4, 0.5) is 5.69 Å². The molecule has 0 aliphatic carbocycles. The molecule has 0 saturated carbocycles. The Labute approximate surface area is 150 Å². The zero-order valence-corrected chi connectivity index (χ0v) is 14.5. The lowest BCUT2D eigenvalue weighted by Crippen LogP contribution is -2.25. The summed E-state index contributed by atoms with van der Waals surface area (Å²) < 4.78 is 10.9. The monoisotopic (exact) mass is 357 g/mol. The molecule has 2 rings (SSSR count). The van der Waals surface area contributed by atoms with Gasteiger partial charge in [0.05, 0.1) is 17.2 Å². The zero-order valence-electron chi connectivity index (χ0n) is 14.5. The number of nitro groups is 1. The van der Waals surface area contributed by atoms with Crippen molar-refractivity contribution in [3.05, 3.63) is 64.2 Å². The van der Waals surface area contributed by atoms with Gasteiger partial charge in [0, 0.05) is 17.7 Å². The first kappa shape index (κ1) is 18.9. The lowest BCUT2D eigenvalue weighted by atomic mass is 10.1. The third-order valence-corrected chi connectivity index (χ3v) is 3.33. The summed E-state index contributed by atoms with van der Waals surface area (Å²) in [7, 11) is 0. The molecule has 26 heavy (non-hydrogen) atoms. The lowest BCUT2D eigenvalue weighted by Gasteiger charge is -2.10. The van der Waals surface area contributed by atoms with Crippen molar-refractivity contribution in [3.8, 4) is 11.5 Å². The normalized spacial score (nSPS) is 10.9. The molecule has 0 aliphatic heterocycles. The summed E-state index contributed by atoms with van der Waals surface area (Å²) >= 11 is 0. The van der Waals surface area contributed by atoms with Gasteiger partial charge in [0.2, 0.25) is 0 Å². The zero-order chi connectivity index (χ0) is 18.9. The van der Waals surface area contributed by atoms with Crippen molar-refractivity contribution in [2.45, 2.75) is 13.8 Å². The number of hydrogen-bond acceptors (Lipinski definition) is 6. The number of nitrogens with one attached hydrogen (secondary N) is 1. The van der Waals surface area contributed by atoms with Gasteiger partial charge in [-0.3, -0.25) is 14.9 Å². The van der Waals surface area contributed by atoms with Crippen LogP contribution in [0.2, 0.25) is 0 Å². The van der Waals surface area contributed by atoms with Gasteiger partial charge in [0.25, 0.3) is 11.6 Å². The van der Waals surface area contributed by atoms with Gasteiger partial charge >= 0.3 is 0 Å². The summed E-state index contributed by atoms with van der Waals surface area (Å²) in [5.74, 6) is 0.559. The molecule has 2 aromatic rings. The fraction of sp³-hybridized carbons (Fsp3) is 0.222. The largest absolute Gasteiger partial charge is 0.490 e. The molecule has 8 heteroatoms. The van der Waals surface area contributed by atoms with E-state index in [-0.39, 0.29) is 12.3 Å². The molecule has 2 aromatic carbocycles. The minimum absolute atomic E-state index is 0.0424. The third-order valence-electron chi connectivity index (χ3n) is 3.33. The van der Waals surface area contributed by atoms with Crippen molar-refractivity contribution in [3.63, 3.8) is 0 Å². The molecule has 0 bridgehead atoms. The molecule has 8 nitrogen and oxygen atoms in total. The Bertz CT molecular complexity index is 820. The number of ether oxygens (including phenoxy) is 2. The summed E-state index contributed by atoms with van der Waals surface area (Å²) in [6, 6.07) is 13.1. The SMILES string of the molecule is CCOc1ccccc1OCC(=O)N/N=C(\C)c1cccc([N+](=O)[O-])c1. The Morgan fingerprint density at radius 2 is 1.85 bits per heavy atom. The van der Waals surface area contributed by atoms with Crippen LogP contribution in [0.3, 0.4) is 0 Å². The van der Waals surface area contributed by atoms with Crippen LogP contribution >= 0.6 is 0 Å². The van der Waals surface area contributed by atoms with E-state index in [0.717, 1.165) is 0 Å². The topological polar surface area (TPSA) is 103 Å². The highest BCUT2D eigenvalue weighted by molar-refractivity contribution is 5.99. The predicted octanol–water partition coefficient (Wildman–Crippen LogP) is 2.91. The summed E-state index contributed by atoms with van der Waals surface area (Å²) in [5.41, 5.74) is 3.31. The molecule has 0 unspecified atom stereocenters. The van der Waals surface area contributed by atoms with Gasteiger partial charge in [-0.15, -0.1) is 0 Å². The van der Waals surface area contributed by atoms with Crippen LogP contribution in [-0.2, 0) is 4.79 Å². The average Bonchev–Trinajstić information content (AvgIpc) is 2.65. The molecule has 0 aliphatic rings. The van der Waals surface area contributed by atoms with E-state index < -0.39 is 10.8 Å². The van der Waals surface area contributed by atoms with Gasteiger partial charge in [-0.1, -0.05) is 24.3 Å². The van der Waals surface area contributed by atoms with Crippen molar-refractivity contribution in [2.75, 3.05) is 13.2 Å². The number of carbonyl (C=O) groups excluding carboxylic acids is 1. The number of hydrogen-bond donors (Lipinski definition) is 1. The van der Waals surface area contributed by atoms with Gasteiger partial charge in [-0.2, -0.15) is 5.10 Å². The number of nitrogens with zero attached hydrogens (tertiary/aromatic N) is 2. The van der Waals surface area contributed by atoms with E-state index in [0.29, 0.717) is 29.4 Å². The predicted molar refractivity (Wildman–Crippen MR) is 96.6 cm³/mol. The fourth-order valence-electron chi connectivity index (χ4n) is 2.08. The number of non-ortho nitro benzene ring substituents is 1. The molecule has 0 heterocycles. The maximum Gasteiger partial charge on any atom is 0.277 e. The van der Waals surface area contributed by atoms with Crippen molar-refractivity contribution in [2.24, 2.45) is 5.10 Å². The van der Waals surface area contributed by atoms with Gasteiger partial charge in [0.1, 0.15) is 0 Å². The fourth-order valence-corrected chi connectivity index (χ4v) is 2.08. The molecule has 0 saturated heterocycles. The number of rotatable bonds is 8. The maximum atomic E-state index is 11.9. The maximum absolute atomic E-state index is 11.9. The summed E-state index contributed by atoms with van der Waals surface area (Å²) in [5, 5.41) is 14.8. The number of carbonyl (C=O) groups is 1. The van der Waals surface area contributed by atoms with E-state index in [1.54, 1.807) is 37.3 Å². The van der Waals surface area contributed by atoms with Crippen molar-refractivity contribution in [1.29, 1.82) is 0 Å². The van der Waals surface area contributed by atoms with E-state index in [2.05, 4.69) is 10.5 Å². The second-order valence-corrected chi connectivity index (χ2v) is 5.21. The third kappa shape index (κ3) is 5.30. The Kier molecular flexibility index (Phi) is 6.67. The highest BCUT2D eigenvalue weighted by Crippen LogP contribution is 2.26. The molecule has 136 valence electrons. The number of nitro benzene ring substituents is 1. The molecule has 0 aromatic heterocycles. The molecule has 0 radical (unpaired) electrons. The van der Waals surface area contributed by atoms with E-state index in [1.807, 2.05) is 13.0 Å². The van der Waals surface area contributed by atoms with Crippen LogP contribution in [-0.4, -0.2) is 29.8 Å². The van der Waals surface area contributed by atoms with Crippen molar-refractivity contribution >= 4 is 17.3 Å². The van der Waals surface area contributed by atoms with E-state index in [1.165, 1.54) is 12.1 Å². The number of para-hydroxylation sites is 2. The molecule has 0 spiro atoms. The van der Waals surface area contributed by atoms with Crippen LogP contribution in [0, 0.1) is 10.1 Å². The van der Waals surface area contributed by atoms with Gasteiger partial charge in [0.15, 0.2) is 18.1 Å². The number of hydrazone groups is 1. The molecular formula is C18H19N3O5. The number of amides is 1. The Balaban J connectivity index is 1.95. The van der Waals surface area contributed by atoms with Crippen LogP contribution in [0.15, 0.2) is 53.6 Å². The van der Waals surface area contributed by atoms with Crippen molar-refractivity contribution in [1.82, 2.24) is 5.43 Å². The Hall–Kier alpha value is -3.42. The van der Waals surface area contributed by atoms with E-state index >= 15 is 0 Å². The Morgan fingerprint density at radius 1 is 1.15 bits per heavy atom. The molecular weight excluding hydrogens is 338 g/mol. The second kappa shape index (κ2) is 9.16. The molecule has 1 amide bonds. The summed E-state index contributed by atoms with van der Waals surface area (Å²) in [6.45, 7) is 3.74. The van der Waals surface area contributed by atoms with Crippen LogP contribution < -0.4 is 14.9 Å². The first-order valence-corrected chi connectivity index (χ1v) is 7.94. The quantitative estimate of drug-likeness (QED) is 0.444. The summed E-state index contributed by atoms with van der Waals surface area (Å²) in [6.07, 6.45) is 0.